The molecule has 0 amide bonds. The number of aliphatic hydroxyl groups excluding tert-OH is 1. The summed E-state index contributed by atoms with van der Waals surface area (Å²) in [6, 6.07) is 10.6. The number of rotatable bonds is 7. The molecule has 0 spiro atoms. The van der Waals surface area contributed by atoms with Crippen LogP contribution in [0.15, 0.2) is 41.1 Å². The fraction of sp³-hybridized carbons (Fsp3) is 0.286. The lowest BCUT2D eigenvalue weighted by molar-refractivity contribution is 0.106. The Hall–Kier alpha value is -2.36. The fourth-order valence-corrected chi connectivity index (χ4v) is 1.60. The zero-order valence-electron chi connectivity index (χ0n) is 10.8. The van der Waals surface area contributed by atoms with E-state index in [2.05, 4.69) is 10.5 Å². The van der Waals surface area contributed by atoms with Gasteiger partial charge in [0.15, 0.2) is 0 Å². The molecule has 20 heavy (non-hydrogen) atoms. The summed E-state index contributed by atoms with van der Waals surface area (Å²) >= 11 is 0. The molecule has 1 aromatic carbocycles. The van der Waals surface area contributed by atoms with Crippen LogP contribution in [0.4, 0.5) is 0 Å². The summed E-state index contributed by atoms with van der Waals surface area (Å²) in [7, 11) is 0. The first kappa shape index (κ1) is 14.1. The van der Waals surface area contributed by atoms with Crippen molar-refractivity contribution in [1.82, 2.24) is 10.5 Å². The third kappa shape index (κ3) is 4.39. The first-order valence-corrected chi connectivity index (χ1v) is 6.19. The fourth-order valence-electron chi connectivity index (χ4n) is 1.60. The van der Waals surface area contributed by atoms with Gasteiger partial charge >= 0.3 is 0 Å². The van der Waals surface area contributed by atoms with Gasteiger partial charge in [0, 0.05) is 19.2 Å². The Kier molecular flexibility index (Phi) is 5.12. The number of nitriles is 1. The molecule has 0 fully saturated rings. The van der Waals surface area contributed by atoms with Crippen LogP contribution in [0, 0.1) is 11.3 Å². The summed E-state index contributed by atoms with van der Waals surface area (Å²) in [4.78, 5) is 0. The highest BCUT2D eigenvalue weighted by atomic mass is 16.5. The summed E-state index contributed by atoms with van der Waals surface area (Å²) in [5.74, 6) is 0.569. The van der Waals surface area contributed by atoms with Gasteiger partial charge in [0.05, 0.1) is 17.3 Å². The molecule has 0 radical (unpaired) electrons. The molecule has 0 saturated carbocycles. The second-order valence-corrected chi connectivity index (χ2v) is 4.23. The number of nitrogens with zero attached hydrogens (tertiary/aromatic N) is 2. The molecule has 0 aliphatic heterocycles. The van der Waals surface area contributed by atoms with Gasteiger partial charge in [-0.2, -0.15) is 5.26 Å². The summed E-state index contributed by atoms with van der Waals surface area (Å²) in [5.41, 5.74) is 1.31. The normalized spacial score (nSPS) is 11.8. The summed E-state index contributed by atoms with van der Waals surface area (Å²) in [6.45, 7) is 1.06. The molecule has 6 heteroatoms. The zero-order chi connectivity index (χ0) is 14.2. The molecule has 1 aromatic heterocycles. The average Bonchev–Trinajstić information content (AvgIpc) is 2.98. The van der Waals surface area contributed by atoms with Crippen molar-refractivity contribution < 1.29 is 14.4 Å². The second-order valence-electron chi connectivity index (χ2n) is 4.23. The lowest BCUT2D eigenvalue weighted by Gasteiger charge is -2.12. The third-order valence-corrected chi connectivity index (χ3v) is 2.58. The molecule has 2 N–H and O–H groups in total. The number of aromatic nitrogens is 1. The quantitative estimate of drug-likeness (QED) is 0.784. The topological polar surface area (TPSA) is 91.3 Å². The van der Waals surface area contributed by atoms with Crippen LogP contribution in [-0.2, 0) is 6.54 Å². The number of benzene rings is 1. The van der Waals surface area contributed by atoms with Gasteiger partial charge in [-0.05, 0) is 18.2 Å². The summed E-state index contributed by atoms with van der Waals surface area (Å²) in [5, 5.41) is 25.3. The van der Waals surface area contributed by atoms with Gasteiger partial charge in [0.25, 0.3) is 0 Å². The Labute approximate surface area is 116 Å². The lowest BCUT2D eigenvalue weighted by atomic mass is 10.2. The molecule has 104 valence electrons. The Morgan fingerprint density at radius 3 is 3.10 bits per heavy atom. The Bertz CT molecular complexity index is 563. The lowest BCUT2D eigenvalue weighted by Crippen LogP contribution is -2.31. The van der Waals surface area contributed by atoms with E-state index in [9.17, 15) is 5.11 Å². The van der Waals surface area contributed by atoms with Crippen LogP contribution < -0.4 is 10.1 Å². The van der Waals surface area contributed by atoms with Gasteiger partial charge in [0.2, 0.25) is 0 Å². The van der Waals surface area contributed by atoms with Crippen molar-refractivity contribution in [3.63, 3.8) is 0 Å². The molecule has 2 rings (SSSR count). The van der Waals surface area contributed by atoms with E-state index in [-0.39, 0.29) is 6.61 Å². The van der Waals surface area contributed by atoms with Crippen LogP contribution >= 0.6 is 0 Å². The van der Waals surface area contributed by atoms with Crippen LogP contribution in [0.2, 0.25) is 0 Å². The van der Waals surface area contributed by atoms with Crippen molar-refractivity contribution in [2.75, 3.05) is 13.2 Å². The van der Waals surface area contributed by atoms with Gasteiger partial charge < -0.3 is 19.7 Å². The van der Waals surface area contributed by atoms with E-state index < -0.39 is 6.10 Å². The predicted molar refractivity (Wildman–Crippen MR) is 70.9 cm³/mol. The van der Waals surface area contributed by atoms with Crippen LogP contribution in [0.3, 0.4) is 0 Å². The van der Waals surface area contributed by atoms with Gasteiger partial charge in [-0.25, -0.2) is 0 Å². The first-order valence-electron chi connectivity index (χ1n) is 6.19. The number of aliphatic hydroxyl groups is 1. The SMILES string of the molecule is N#Cc1cccc(OCC(O)CNCc2ccon2)c1. The van der Waals surface area contributed by atoms with Crippen molar-refractivity contribution in [1.29, 1.82) is 5.26 Å². The smallest absolute Gasteiger partial charge is 0.124 e. The Morgan fingerprint density at radius 2 is 2.35 bits per heavy atom. The van der Waals surface area contributed by atoms with Crippen molar-refractivity contribution in [3.05, 3.63) is 47.9 Å². The molecule has 1 heterocycles. The predicted octanol–water partition coefficient (Wildman–Crippen LogP) is 1.08. The first-order chi connectivity index (χ1) is 9.78. The third-order valence-electron chi connectivity index (χ3n) is 2.58. The summed E-state index contributed by atoms with van der Waals surface area (Å²) < 4.78 is 10.1. The van der Waals surface area contributed by atoms with E-state index in [0.29, 0.717) is 24.4 Å². The second kappa shape index (κ2) is 7.28. The maximum atomic E-state index is 9.77. The van der Waals surface area contributed by atoms with Crippen LogP contribution in [0.1, 0.15) is 11.3 Å². The van der Waals surface area contributed by atoms with Crippen LogP contribution in [0.25, 0.3) is 0 Å². The van der Waals surface area contributed by atoms with E-state index >= 15 is 0 Å². The molecule has 0 aliphatic carbocycles. The van der Waals surface area contributed by atoms with E-state index in [0.717, 1.165) is 5.69 Å². The van der Waals surface area contributed by atoms with Gasteiger partial charge in [0.1, 0.15) is 24.7 Å². The maximum absolute atomic E-state index is 9.77. The van der Waals surface area contributed by atoms with Crippen molar-refractivity contribution in [2.45, 2.75) is 12.6 Å². The monoisotopic (exact) mass is 273 g/mol. The van der Waals surface area contributed by atoms with Crippen molar-refractivity contribution >= 4 is 0 Å². The Morgan fingerprint density at radius 1 is 1.45 bits per heavy atom. The molecule has 0 aliphatic rings. The minimum atomic E-state index is -0.646. The minimum Gasteiger partial charge on any atom is -0.491 e. The van der Waals surface area contributed by atoms with Crippen LogP contribution in [-0.4, -0.2) is 29.5 Å². The maximum Gasteiger partial charge on any atom is 0.124 e. The summed E-state index contributed by atoms with van der Waals surface area (Å²) in [6.07, 6.45) is 0.853. The molecule has 0 saturated heterocycles. The average molecular weight is 273 g/mol. The van der Waals surface area contributed by atoms with E-state index in [1.807, 2.05) is 6.07 Å². The largest absolute Gasteiger partial charge is 0.491 e. The minimum absolute atomic E-state index is 0.153. The van der Waals surface area contributed by atoms with E-state index in [4.69, 9.17) is 14.5 Å². The van der Waals surface area contributed by atoms with Crippen molar-refractivity contribution in [2.24, 2.45) is 0 Å². The number of nitrogens with one attached hydrogen (secondary N) is 1. The molecule has 1 atom stereocenters. The van der Waals surface area contributed by atoms with Crippen LogP contribution in [0.5, 0.6) is 5.75 Å². The number of hydrogen-bond acceptors (Lipinski definition) is 6. The highest BCUT2D eigenvalue weighted by Crippen LogP contribution is 2.12. The van der Waals surface area contributed by atoms with E-state index in [1.165, 1.54) is 6.26 Å². The molecule has 0 bridgehead atoms. The van der Waals surface area contributed by atoms with Crippen molar-refractivity contribution in [3.8, 4) is 11.8 Å². The Balaban J connectivity index is 1.69. The van der Waals surface area contributed by atoms with E-state index in [1.54, 1.807) is 30.3 Å². The van der Waals surface area contributed by atoms with Gasteiger partial charge in [-0.15, -0.1) is 0 Å². The molecule has 2 aromatic rings. The van der Waals surface area contributed by atoms with Gasteiger partial charge in [-0.3, -0.25) is 0 Å². The van der Waals surface area contributed by atoms with Gasteiger partial charge in [-0.1, -0.05) is 11.2 Å². The highest BCUT2D eigenvalue weighted by Gasteiger charge is 2.06. The number of ether oxygens (including phenoxy) is 1. The molecular formula is C14H15N3O3. The molecular weight excluding hydrogens is 258 g/mol. The highest BCUT2D eigenvalue weighted by molar-refractivity contribution is 5.36. The molecule has 6 nitrogen and oxygen atoms in total. The number of hydrogen-bond donors (Lipinski definition) is 2. The molecule has 1 unspecified atom stereocenters. The zero-order valence-corrected chi connectivity index (χ0v) is 10.8. The standard InChI is InChI=1S/C14H15N3O3/c15-7-11-2-1-3-14(6-11)19-10-13(18)9-16-8-12-4-5-20-17-12/h1-6,13,16,18H,8-10H2.